The zero-order valence-electron chi connectivity index (χ0n) is 12.6. The van der Waals surface area contributed by atoms with Gasteiger partial charge in [0.15, 0.2) is 0 Å². The molecular formula is C16H18N2O4S. The molecule has 0 spiro atoms. The first-order chi connectivity index (χ1) is 11.1. The van der Waals surface area contributed by atoms with E-state index in [4.69, 9.17) is 4.42 Å². The van der Waals surface area contributed by atoms with Crippen LogP contribution < -0.4 is 4.72 Å². The first-order valence-corrected chi connectivity index (χ1v) is 8.96. The molecule has 6 nitrogen and oxygen atoms in total. The van der Waals surface area contributed by atoms with Gasteiger partial charge < -0.3 is 9.32 Å². The molecule has 3 rings (SSSR count). The summed E-state index contributed by atoms with van der Waals surface area (Å²) in [6.07, 6.45) is 3.47. The second-order valence-corrected chi connectivity index (χ2v) is 7.20. The number of nitrogens with zero attached hydrogens (tertiary/aromatic N) is 1. The van der Waals surface area contributed by atoms with Gasteiger partial charge >= 0.3 is 0 Å². The van der Waals surface area contributed by atoms with E-state index in [2.05, 4.69) is 4.72 Å². The van der Waals surface area contributed by atoms with Crippen molar-refractivity contribution in [3.63, 3.8) is 0 Å². The van der Waals surface area contributed by atoms with Crippen LogP contribution in [0.15, 0.2) is 52.0 Å². The third-order valence-electron chi connectivity index (χ3n) is 3.80. The van der Waals surface area contributed by atoms with E-state index < -0.39 is 10.0 Å². The molecule has 1 fully saturated rings. The molecule has 0 aliphatic carbocycles. The van der Waals surface area contributed by atoms with Gasteiger partial charge in [-0.25, -0.2) is 13.1 Å². The summed E-state index contributed by atoms with van der Waals surface area (Å²) in [7, 11) is -3.70. The van der Waals surface area contributed by atoms with Crippen LogP contribution in [0.2, 0.25) is 0 Å². The smallest absolute Gasteiger partial charge is 0.253 e. The molecule has 1 aromatic carbocycles. The minimum absolute atomic E-state index is 0.0691. The molecule has 0 unspecified atom stereocenters. The summed E-state index contributed by atoms with van der Waals surface area (Å²) in [4.78, 5) is 14.2. The number of hydrogen-bond acceptors (Lipinski definition) is 4. The van der Waals surface area contributed by atoms with Crippen LogP contribution in [0.1, 0.15) is 29.0 Å². The van der Waals surface area contributed by atoms with E-state index in [1.165, 1.54) is 18.4 Å². The van der Waals surface area contributed by atoms with Crippen molar-refractivity contribution in [2.75, 3.05) is 13.1 Å². The van der Waals surface area contributed by atoms with Crippen LogP contribution in [-0.4, -0.2) is 32.3 Å². The Morgan fingerprint density at radius 1 is 1.17 bits per heavy atom. The van der Waals surface area contributed by atoms with Crippen molar-refractivity contribution >= 4 is 15.9 Å². The van der Waals surface area contributed by atoms with Crippen molar-refractivity contribution in [2.45, 2.75) is 24.3 Å². The van der Waals surface area contributed by atoms with Gasteiger partial charge in [-0.3, -0.25) is 4.79 Å². The lowest BCUT2D eigenvalue weighted by atomic mass is 10.2. The summed E-state index contributed by atoms with van der Waals surface area (Å²) in [5.41, 5.74) is 0.396. The van der Waals surface area contributed by atoms with Crippen molar-refractivity contribution < 1.29 is 17.6 Å². The molecular weight excluding hydrogens is 316 g/mol. The Morgan fingerprint density at radius 3 is 2.65 bits per heavy atom. The van der Waals surface area contributed by atoms with E-state index >= 15 is 0 Å². The highest BCUT2D eigenvalue weighted by Gasteiger charge is 2.21. The number of carbonyl (C=O) groups is 1. The van der Waals surface area contributed by atoms with Crippen molar-refractivity contribution in [3.8, 4) is 0 Å². The molecule has 2 aromatic rings. The SMILES string of the molecule is O=C(c1cccc(S(=O)(=O)NCc2ccco2)c1)N1CCCC1. The average molecular weight is 334 g/mol. The first-order valence-electron chi connectivity index (χ1n) is 7.48. The lowest BCUT2D eigenvalue weighted by Gasteiger charge is -2.15. The zero-order valence-corrected chi connectivity index (χ0v) is 13.4. The minimum Gasteiger partial charge on any atom is -0.468 e. The van der Waals surface area contributed by atoms with Crippen LogP contribution in [0, 0.1) is 0 Å². The molecule has 0 radical (unpaired) electrons. The van der Waals surface area contributed by atoms with E-state index in [1.54, 1.807) is 29.2 Å². The summed E-state index contributed by atoms with van der Waals surface area (Å²) in [6.45, 7) is 1.53. The number of hydrogen-bond donors (Lipinski definition) is 1. The Hall–Kier alpha value is -2.12. The predicted octanol–water partition coefficient (Wildman–Crippen LogP) is 1.99. The largest absolute Gasteiger partial charge is 0.468 e. The Morgan fingerprint density at radius 2 is 1.96 bits per heavy atom. The third-order valence-corrected chi connectivity index (χ3v) is 5.20. The maximum absolute atomic E-state index is 12.4. The second-order valence-electron chi connectivity index (χ2n) is 5.43. The standard InChI is InChI=1S/C16H18N2O4S/c19-16(18-8-1-2-9-18)13-5-3-7-15(11-13)23(20,21)17-12-14-6-4-10-22-14/h3-7,10-11,17H,1-2,8-9,12H2. The summed E-state index contributed by atoms with van der Waals surface area (Å²) in [5, 5.41) is 0. The van der Waals surface area contributed by atoms with Crippen LogP contribution in [-0.2, 0) is 16.6 Å². The molecule has 1 saturated heterocycles. The molecule has 0 bridgehead atoms. The van der Waals surface area contributed by atoms with Crippen molar-refractivity contribution in [3.05, 3.63) is 54.0 Å². The topological polar surface area (TPSA) is 79.6 Å². The van der Waals surface area contributed by atoms with Crippen LogP contribution in [0.3, 0.4) is 0 Å². The van der Waals surface area contributed by atoms with Gasteiger partial charge in [0, 0.05) is 18.7 Å². The highest BCUT2D eigenvalue weighted by molar-refractivity contribution is 7.89. The Kier molecular flexibility index (Phi) is 4.49. The minimum atomic E-state index is -3.70. The highest BCUT2D eigenvalue weighted by Crippen LogP contribution is 2.17. The van der Waals surface area contributed by atoms with Gasteiger partial charge in [-0.2, -0.15) is 0 Å². The van der Waals surface area contributed by atoms with Crippen LogP contribution in [0.5, 0.6) is 0 Å². The second kappa shape index (κ2) is 6.55. The highest BCUT2D eigenvalue weighted by atomic mass is 32.2. The molecule has 1 aliphatic rings. The number of benzene rings is 1. The Balaban J connectivity index is 1.76. The molecule has 2 heterocycles. The quantitative estimate of drug-likeness (QED) is 0.907. The summed E-state index contributed by atoms with van der Waals surface area (Å²) in [5.74, 6) is 0.406. The average Bonchev–Trinajstić information content (AvgIpc) is 3.26. The third kappa shape index (κ3) is 3.62. The number of likely N-dealkylation sites (tertiary alicyclic amines) is 1. The molecule has 122 valence electrons. The predicted molar refractivity (Wildman–Crippen MR) is 84.3 cm³/mol. The fourth-order valence-corrected chi connectivity index (χ4v) is 3.60. The number of sulfonamides is 1. The van der Waals surface area contributed by atoms with Crippen LogP contribution >= 0.6 is 0 Å². The number of carbonyl (C=O) groups excluding carboxylic acids is 1. The molecule has 1 amide bonds. The van der Waals surface area contributed by atoms with Gasteiger partial charge in [-0.1, -0.05) is 6.07 Å². The fraction of sp³-hybridized carbons (Fsp3) is 0.312. The van der Waals surface area contributed by atoms with Gasteiger partial charge in [0.25, 0.3) is 5.91 Å². The Labute approximate surface area is 135 Å². The van der Waals surface area contributed by atoms with Gasteiger partial charge in [0.2, 0.25) is 10.0 Å². The lowest BCUT2D eigenvalue weighted by Crippen LogP contribution is -2.28. The van der Waals surface area contributed by atoms with Crippen molar-refractivity contribution in [1.82, 2.24) is 9.62 Å². The summed E-state index contributed by atoms with van der Waals surface area (Å²) < 4.78 is 32.3. The van der Waals surface area contributed by atoms with E-state index in [0.717, 1.165) is 25.9 Å². The normalized spacial score (nSPS) is 15.0. The van der Waals surface area contributed by atoms with E-state index in [-0.39, 0.29) is 17.3 Å². The molecule has 1 aliphatic heterocycles. The molecule has 7 heteroatoms. The molecule has 23 heavy (non-hydrogen) atoms. The Bertz CT molecular complexity index is 778. The number of amides is 1. The molecule has 1 N–H and O–H groups in total. The summed E-state index contributed by atoms with van der Waals surface area (Å²) >= 11 is 0. The van der Waals surface area contributed by atoms with Gasteiger partial charge in [0.1, 0.15) is 5.76 Å². The van der Waals surface area contributed by atoms with E-state index in [9.17, 15) is 13.2 Å². The van der Waals surface area contributed by atoms with Crippen LogP contribution in [0.25, 0.3) is 0 Å². The van der Waals surface area contributed by atoms with Gasteiger partial charge in [-0.05, 0) is 43.2 Å². The van der Waals surface area contributed by atoms with Gasteiger partial charge in [-0.15, -0.1) is 0 Å². The zero-order chi connectivity index (χ0) is 16.3. The van der Waals surface area contributed by atoms with Gasteiger partial charge in [0.05, 0.1) is 17.7 Å². The first kappa shape index (κ1) is 15.8. The van der Waals surface area contributed by atoms with Crippen molar-refractivity contribution in [1.29, 1.82) is 0 Å². The molecule has 0 atom stereocenters. The number of furan rings is 1. The van der Waals surface area contributed by atoms with E-state index in [1.807, 2.05) is 0 Å². The van der Waals surface area contributed by atoms with Crippen LogP contribution in [0.4, 0.5) is 0 Å². The molecule has 1 aromatic heterocycles. The maximum Gasteiger partial charge on any atom is 0.253 e. The summed E-state index contributed by atoms with van der Waals surface area (Å²) in [6, 6.07) is 9.52. The fourth-order valence-electron chi connectivity index (χ4n) is 2.56. The number of rotatable bonds is 5. The van der Waals surface area contributed by atoms with E-state index in [0.29, 0.717) is 11.3 Å². The monoisotopic (exact) mass is 334 g/mol. The number of nitrogens with one attached hydrogen (secondary N) is 1. The van der Waals surface area contributed by atoms with Crippen molar-refractivity contribution in [2.24, 2.45) is 0 Å². The molecule has 0 saturated carbocycles. The lowest BCUT2D eigenvalue weighted by molar-refractivity contribution is 0.0792. The maximum atomic E-state index is 12.4.